The Morgan fingerprint density at radius 3 is 2.49 bits per heavy atom. The van der Waals surface area contributed by atoms with E-state index >= 15 is 0 Å². The van der Waals surface area contributed by atoms with Crippen LogP contribution in [0.3, 0.4) is 0 Å². The number of nitrogen functional groups attached to an aromatic ring is 1. The van der Waals surface area contributed by atoms with Crippen molar-refractivity contribution < 1.29 is 32.7 Å². The summed E-state index contributed by atoms with van der Waals surface area (Å²) in [6.07, 6.45) is -0.130. The second kappa shape index (κ2) is 12.5. The molecule has 4 aromatic rings. The van der Waals surface area contributed by atoms with Crippen molar-refractivity contribution >= 4 is 29.1 Å². The van der Waals surface area contributed by atoms with Crippen LogP contribution in [0.25, 0.3) is 16.9 Å². The lowest BCUT2D eigenvalue weighted by Gasteiger charge is -2.11. The molecule has 0 saturated carbocycles. The zero-order valence-electron chi connectivity index (χ0n) is 20.6. The van der Waals surface area contributed by atoms with E-state index in [9.17, 15) is 23.3 Å². The van der Waals surface area contributed by atoms with Crippen molar-refractivity contribution in [3.8, 4) is 17.0 Å². The SMILES string of the molecule is CCOc1ccc(-c2cc3nccn3c(NCCCc3ccc([N+](=O)[O-])c(N)n3)n2)cc1.O=C(O)C(F)(F)F. The first-order valence-corrected chi connectivity index (χ1v) is 11.5. The summed E-state index contributed by atoms with van der Waals surface area (Å²) in [5.74, 6) is -1.32. The number of alkyl halides is 3. The zero-order chi connectivity index (χ0) is 28.6. The Morgan fingerprint density at radius 1 is 1.21 bits per heavy atom. The van der Waals surface area contributed by atoms with Crippen molar-refractivity contribution in [3.05, 3.63) is 70.7 Å². The number of benzene rings is 1. The van der Waals surface area contributed by atoms with Crippen LogP contribution in [0.2, 0.25) is 0 Å². The number of anilines is 2. The minimum absolute atomic E-state index is 0.0645. The van der Waals surface area contributed by atoms with Gasteiger partial charge in [0, 0.05) is 42.3 Å². The summed E-state index contributed by atoms with van der Waals surface area (Å²) in [6, 6.07) is 12.8. The van der Waals surface area contributed by atoms with Gasteiger partial charge in [-0.25, -0.2) is 19.7 Å². The Hall–Kier alpha value is -4.95. The number of fused-ring (bicyclic) bond motifs is 1. The number of aromatic nitrogens is 4. The summed E-state index contributed by atoms with van der Waals surface area (Å²) in [7, 11) is 0. The average Bonchev–Trinajstić information content (AvgIpc) is 3.36. The second-order valence-electron chi connectivity index (χ2n) is 7.88. The summed E-state index contributed by atoms with van der Waals surface area (Å²) < 4.78 is 39.1. The number of hydrogen-bond acceptors (Lipinski definition) is 9. The summed E-state index contributed by atoms with van der Waals surface area (Å²) in [4.78, 5) is 32.5. The number of nitrogens with two attached hydrogens (primary N) is 1. The maximum absolute atomic E-state index is 10.9. The summed E-state index contributed by atoms with van der Waals surface area (Å²) in [5, 5.41) is 21.3. The van der Waals surface area contributed by atoms with Crippen molar-refractivity contribution in [2.24, 2.45) is 0 Å². The third-order valence-electron chi connectivity index (χ3n) is 5.14. The van der Waals surface area contributed by atoms with Crippen LogP contribution in [0.4, 0.5) is 30.6 Å². The molecule has 0 amide bonds. The molecule has 12 nitrogen and oxygen atoms in total. The molecule has 0 fully saturated rings. The van der Waals surface area contributed by atoms with Gasteiger partial charge in [0.2, 0.25) is 11.8 Å². The molecule has 0 unspecified atom stereocenters. The molecule has 3 heterocycles. The van der Waals surface area contributed by atoms with Gasteiger partial charge in [-0.05, 0) is 50.1 Å². The van der Waals surface area contributed by atoms with Crippen LogP contribution in [-0.4, -0.2) is 54.7 Å². The fourth-order valence-corrected chi connectivity index (χ4v) is 3.36. The normalized spacial score (nSPS) is 11.0. The smallest absolute Gasteiger partial charge is 0.490 e. The number of halogens is 3. The van der Waals surface area contributed by atoms with Gasteiger partial charge in [-0.3, -0.25) is 14.5 Å². The molecule has 0 radical (unpaired) electrons. The topological polar surface area (TPSA) is 171 Å². The molecular formula is C24H24F3N7O5. The Morgan fingerprint density at radius 2 is 1.90 bits per heavy atom. The highest BCUT2D eigenvalue weighted by Gasteiger charge is 2.38. The van der Waals surface area contributed by atoms with Gasteiger partial charge in [0.25, 0.3) is 0 Å². The molecule has 206 valence electrons. The van der Waals surface area contributed by atoms with E-state index in [4.69, 9.17) is 25.4 Å². The fraction of sp³-hybridized carbons (Fsp3) is 0.250. The molecule has 15 heteroatoms. The summed E-state index contributed by atoms with van der Waals surface area (Å²) in [6.45, 7) is 3.20. The molecule has 0 atom stereocenters. The van der Waals surface area contributed by atoms with Crippen LogP contribution >= 0.6 is 0 Å². The monoisotopic (exact) mass is 547 g/mol. The lowest BCUT2D eigenvalue weighted by atomic mass is 10.1. The molecule has 0 bridgehead atoms. The molecule has 4 rings (SSSR count). The van der Waals surface area contributed by atoms with Crippen molar-refractivity contribution in [2.45, 2.75) is 25.9 Å². The van der Waals surface area contributed by atoms with Gasteiger partial charge >= 0.3 is 17.8 Å². The number of aliphatic carboxylic acids is 1. The average molecular weight is 547 g/mol. The maximum Gasteiger partial charge on any atom is 0.490 e. The van der Waals surface area contributed by atoms with Gasteiger partial charge in [0.1, 0.15) is 11.4 Å². The number of hydrogen-bond donors (Lipinski definition) is 3. The van der Waals surface area contributed by atoms with Crippen LogP contribution in [0.5, 0.6) is 5.75 Å². The third kappa shape index (κ3) is 7.77. The molecule has 0 aliphatic heterocycles. The van der Waals surface area contributed by atoms with E-state index in [0.29, 0.717) is 31.2 Å². The number of carboxylic acid groups (broad SMARTS) is 1. The van der Waals surface area contributed by atoms with E-state index < -0.39 is 17.1 Å². The summed E-state index contributed by atoms with van der Waals surface area (Å²) >= 11 is 0. The number of aryl methyl sites for hydroxylation is 1. The first-order valence-electron chi connectivity index (χ1n) is 11.5. The van der Waals surface area contributed by atoms with E-state index in [-0.39, 0.29) is 11.5 Å². The Labute approximate surface area is 219 Å². The van der Waals surface area contributed by atoms with Crippen LogP contribution in [0.1, 0.15) is 19.0 Å². The van der Waals surface area contributed by atoms with Gasteiger partial charge in [-0.15, -0.1) is 0 Å². The van der Waals surface area contributed by atoms with Crippen LogP contribution in [0, 0.1) is 10.1 Å². The first kappa shape index (κ1) is 28.6. The van der Waals surface area contributed by atoms with Crippen LogP contribution < -0.4 is 15.8 Å². The van der Waals surface area contributed by atoms with Crippen LogP contribution in [0.15, 0.2) is 54.9 Å². The van der Waals surface area contributed by atoms with Gasteiger partial charge in [-0.1, -0.05) is 0 Å². The molecule has 39 heavy (non-hydrogen) atoms. The quantitative estimate of drug-likeness (QED) is 0.155. The molecule has 0 saturated heterocycles. The van der Waals surface area contributed by atoms with E-state index in [1.54, 1.807) is 12.3 Å². The Bertz CT molecular complexity index is 1440. The van der Waals surface area contributed by atoms with Crippen molar-refractivity contribution in [1.29, 1.82) is 0 Å². The predicted molar refractivity (Wildman–Crippen MR) is 135 cm³/mol. The van der Waals surface area contributed by atoms with Gasteiger partial charge in [-0.2, -0.15) is 13.2 Å². The highest BCUT2D eigenvalue weighted by atomic mass is 19.4. The lowest BCUT2D eigenvalue weighted by molar-refractivity contribution is -0.384. The number of ether oxygens (including phenoxy) is 1. The highest BCUT2D eigenvalue weighted by molar-refractivity contribution is 5.73. The minimum atomic E-state index is -5.08. The number of carboxylic acids is 1. The maximum atomic E-state index is 10.9. The van der Waals surface area contributed by atoms with Gasteiger partial charge in [0.05, 0.1) is 17.2 Å². The number of carbonyl (C=O) groups is 1. The van der Waals surface area contributed by atoms with Gasteiger partial charge < -0.3 is 20.9 Å². The number of pyridine rings is 1. The van der Waals surface area contributed by atoms with E-state index in [1.807, 2.05) is 47.9 Å². The lowest BCUT2D eigenvalue weighted by Crippen LogP contribution is -2.21. The Balaban J connectivity index is 0.000000532. The number of nitro groups is 1. The first-order chi connectivity index (χ1) is 18.5. The number of nitrogens with one attached hydrogen (secondary N) is 1. The summed E-state index contributed by atoms with van der Waals surface area (Å²) in [5.41, 5.74) is 8.76. The van der Waals surface area contributed by atoms with Crippen molar-refractivity contribution in [1.82, 2.24) is 19.4 Å². The van der Waals surface area contributed by atoms with Crippen LogP contribution in [-0.2, 0) is 11.2 Å². The largest absolute Gasteiger partial charge is 0.494 e. The highest BCUT2D eigenvalue weighted by Crippen LogP contribution is 2.24. The van der Waals surface area contributed by atoms with Gasteiger partial charge in [0.15, 0.2) is 0 Å². The van der Waals surface area contributed by atoms with E-state index in [2.05, 4.69) is 15.3 Å². The van der Waals surface area contributed by atoms with E-state index in [0.717, 1.165) is 29.1 Å². The molecule has 4 N–H and O–H groups in total. The van der Waals surface area contributed by atoms with E-state index in [1.165, 1.54) is 6.07 Å². The van der Waals surface area contributed by atoms with Crippen molar-refractivity contribution in [3.63, 3.8) is 0 Å². The molecule has 0 spiro atoms. The molecular weight excluding hydrogens is 523 g/mol. The zero-order valence-corrected chi connectivity index (χ0v) is 20.6. The molecule has 3 aromatic heterocycles. The Kier molecular flexibility index (Phi) is 9.20. The second-order valence-corrected chi connectivity index (χ2v) is 7.88. The van der Waals surface area contributed by atoms with Crippen molar-refractivity contribution in [2.75, 3.05) is 24.2 Å². The molecule has 0 aliphatic carbocycles. The molecule has 0 aliphatic rings. The fourth-order valence-electron chi connectivity index (χ4n) is 3.36. The number of rotatable bonds is 9. The predicted octanol–water partition coefficient (Wildman–Crippen LogP) is 4.36. The molecule has 1 aromatic carbocycles. The minimum Gasteiger partial charge on any atom is -0.494 e. The standard InChI is InChI=1S/C22H23N7O3.C2HF3O2/c1-2-32-17-8-5-15(6-9-17)18-14-20-24-12-13-28(20)22(27-18)25-11-3-4-16-7-10-19(29(30)31)21(23)26-16;3-2(4,5)1(6)7/h5-10,12-14H,2-4,11H2,1H3,(H2,23,26)(H,25,27);(H,6,7). The number of nitrogens with zero attached hydrogens (tertiary/aromatic N) is 5. The number of imidazole rings is 1. The third-order valence-corrected chi connectivity index (χ3v) is 5.14.